The van der Waals surface area contributed by atoms with E-state index in [-0.39, 0.29) is 0 Å². The molecule has 24 heavy (non-hydrogen) atoms. The van der Waals surface area contributed by atoms with E-state index in [1.807, 2.05) is 54.6 Å². The first-order chi connectivity index (χ1) is 11.7. The molecular weight excluding hydrogens is 320 g/mol. The van der Waals surface area contributed by atoms with Crippen LogP contribution in [0.2, 0.25) is 0 Å². The molecule has 0 radical (unpaired) electrons. The molecule has 0 aliphatic carbocycles. The lowest BCUT2D eigenvalue weighted by molar-refractivity contribution is 0.0522. The summed E-state index contributed by atoms with van der Waals surface area (Å²) in [6.45, 7) is 2.11. The molecule has 122 valence electrons. The molecule has 0 aliphatic rings. The van der Waals surface area contributed by atoms with Gasteiger partial charge < -0.3 is 15.0 Å². The van der Waals surface area contributed by atoms with Crippen LogP contribution in [-0.4, -0.2) is 22.5 Å². The summed E-state index contributed by atoms with van der Waals surface area (Å²) in [5.41, 5.74) is 3.05. The maximum absolute atomic E-state index is 12.2. The lowest BCUT2D eigenvalue weighted by atomic mass is 10.1. The molecular formula is C19H18N2O2S. The van der Waals surface area contributed by atoms with Gasteiger partial charge in [-0.15, -0.1) is 0 Å². The van der Waals surface area contributed by atoms with Gasteiger partial charge in [0.05, 0.1) is 17.3 Å². The minimum absolute atomic E-state index is 0.322. The number of nitrogens with one attached hydrogen (secondary N) is 2. The molecule has 2 N–H and O–H groups in total. The second kappa shape index (κ2) is 7.27. The lowest BCUT2D eigenvalue weighted by Crippen LogP contribution is -2.15. The number of rotatable bonds is 5. The fourth-order valence-electron chi connectivity index (χ4n) is 2.59. The zero-order valence-corrected chi connectivity index (χ0v) is 14.2. The largest absolute Gasteiger partial charge is 0.461 e. The summed E-state index contributed by atoms with van der Waals surface area (Å²) < 4.78 is 5.14. The molecule has 3 rings (SSSR count). The molecule has 1 heterocycles. The summed E-state index contributed by atoms with van der Waals surface area (Å²) in [5.74, 6) is -0.390. The van der Waals surface area contributed by atoms with Gasteiger partial charge in [-0.1, -0.05) is 60.7 Å². The highest BCUT2D eigenvalue weighted by Gasteiger charge is 2.19. The Morgan fingerprint density at radius 1 is 1.12 bits per heavy atom. The Balaban J connectivity index is 1.90. The molecule has 0 aliphatic heterocycles. The van der Waals surface area contributed by atoms with Gasteiger partial charge in [0, 0.05) is 17.3 Å². The number of aromatic amines is 1. The molecule has 0 spiro atoms. The van der Waals surface area contributed by atoms with Gasteiger partial charge in [0.15, 0.2) is 0 Å². The Morgan fingerprint density at radius 3 is 2.58 bits per heavy atom. The zero-order chi connectivity index (χ0) is 16.9. The monoisotopic (exact) mass is 338 g/mol. The first-order valence-electron chi connectivity index (χ1n) is 7.80. The van der Waals surface area contributed by atoms with Crippen LogP contribution in [0.4, 0.5) is 5.69 Å². The molecule has 0 unspecified atom stereocenters. The average Bonchev–Trinajstić information content (AvgIpc) is 2.95. The van der Waals surface area contributed by atoms with Gasteiger partial charge in [-0.05, 0) is 18.6 Å². The highest BCUT2D eigenvalue weighted by molar-refractivity contribution is 7.80. The van der Waals surface area contributed by atoms with Crippen LogP contribution in [0.3, 0.4) is 0 Å². The maximum Gasteiger partial charge on any atom is 0.356 e. The van der Waals surface area contributed by atoms with Crippen molar-refractivity contribution < 1.29 is 9.53 Å². The Labute approximate surface area is 145 Å². The van der Waals surface area contributed by atoms with Crippen LogP contribution in [-0.2, 0) is 11.2 Å². The predicted molar refractivity (Wildman–Crippen MR) is 101 cm³/mol. The number of carbonyl (C=O) groups excluding carboxylic acids is 1. The Kier molecular flexibility index (Phi) is 4.91. The molecule has 0 atom stereocenters. The van der Waals surface area contributed by atoms with Crippen molar-refractivity contribution in [2.75, 3.05) is 11.9 Å². The smallest absolute Gasteiger partial charge is 0.356 e. The van der Waals surface area contributed by atoms with Gasteiger partial charge in [0.2, 0.25) is 0 Å². The van der Waals surface area contributed by atoms with Crippen molar-refractivity contribution in [1.29, 1.82) is 0 Å². The van der Waals surface area contributed by atoms with Crippen molar-refractivity contribution in [2.24, 2.45) is 0 Å². The summed E-state index contributed by atoms with van der Waals surface area (Å²) >= 11 is 5.48. The molecule has 0 amide bonds. The Morgan fingerprint density at radius 2 is 1.83 bits per heavy atom. The van der Waals surface area contributed by atoms with Crippen molar-refractivity contribution in [1.82, 2.24) is 4.98 Å². The van der Waals surface area contributed by atoms with Crippen LogP contribution in [0.5, 0.6) is 0 Å². The SMILES string of the molecule is CCOC(=O)c1[nH]c2ccccc2c1NC(=S)Cc1ccccc1. The topological polar surface area (TPSA) is 54.1 Å². The molecule has 0 bridgehead atoms. The van der Waals surface area contributed by atoms with Crippen molar-refractivity contribution in [3.63, 3.8) is 0 Å². The lowest BCUT2D eigenvalue weighted by Gasteiger charge is -2.09. The quantitative estimate of drug-likeness (QED) is 0.537. The second-order valence-electron chi connectivity index (χ2n) is 5.35. The summed E-state index contributed by atoms with van der Waals surface area (Å²) in [6, 6.07) is 17.7. The van der Waals surface area contributed by atoms with Crippen LogP contribution >= 0.6 is 12.2 Å². The van der Waals surface area contributed by atoms with E-state index in [0.717, 1.165) is 16.5 Å². The third kappa shape index (κ3) is 3.46. The Hall–Kier alpha value is -2.66. The number of hydrogen-bond donors (Lipinski definition) is 2. The van der Waals surface area contributed by atoms with E-state index in [9.17, 15) is 4.79 Å². The van der Waals surface area contributed by atoms with Crippen LogP contribution in [0.15, 0.2) is 54.6 Å². The number of H-pyrrole nitrogens is 1. The highest BCUT2D eigenvalue weighted by atomic mass is 32.1. The number of para-hydroxylation sites is 1. The van der Waals surface area contributed by atoms with Gasteiger partial charge in [0.25, 0.3) is 0 Å². The molecule has 1 aromatic heterocycles. The number of anilines is 1. The summed E-state index contributed by atoms with van der Waals surface area (Å²) in [5, 5.41) is 4.13. The van der Waals surface area contributed by atoms with Crippen molar-refractivity contribution in [3.8, 4) is 0 Å². The number of aromatic nitrogens is 1. The van der Waals surface area contributed by atoms with Crippen LogP contribution < -0.4 is 5.32 Å². The summed E-state index contributed by atoms with van der Waals surface area (Å²) in [6.07, 6.45) is 0.609. The van der Waals surface area contributed by atoms with E-state index in [2.05, 4.69) is 10.3 Å². The molecule has 2 aromatic carbocycles. The molecule has 5 heteroatoms. The third-order valence-corrected chi connectivity index (χ3v) is 3.90. The maximum atomic E-state index is 12.2. The van der Waals surface area contributed by atoms with Crippen LogP contribution in [0.25, 0.3) is 10.9 Å². The fourth-order valence-corrected chi connectivity index (χ4v) is 2.86. The number of ether oxygens (including phenoxy) is 1. The van der Waals surface area contributed by atoms with Gasteiger partial charge in [-0.25, -0.2) is 4.79 Å². The van der Waals surface area contributed by atoms with Crippen molar-refractivity contribution >= 4 is 39.8 Å². The molecule has 3 aromatic rings. The summed E-state index contributed by atoms with van der Waals surface area (Å²) in [4.78, 5) is 16.0. The minimum atomic E-state index is -0.390. The van der Waals surface area contributed by atoms with E-state index in [4.69, 9.17) is 17.0 Å². The van der Waals surface area contributed by atoms with E-state index >= 15 is 0 Å². The number of esters is 1. The standard InChI is InChI=1S/C19H18N2O2S/c1-2-23-19(22)18-17(14-10-6-7-11-15(14)20-18)21-16(24)12-13-8-4-3-5-9-13/h3-11,20H,2,12H2,1H3,(H,21,24). The highest BCUT2D eigenvalue weighted by Crippen LogP contribution is 2.28. The average molecular weight is 338 g/mol. The van der Waals surface area contributed by atoms with Crippen LogP contribution in [0.1, 0.15) is 23.0 Å². The number of hydrogen-bond acceptors (Lipinski definition) is 3. The van der Waals surface area contributed by atoms with Crippen LogP contribution in [0, 0.1) is 0 Å². The fraction of sp³-hybridized carbons (Fsp3) is 0.158. The van der Waals surface area contributed by atoms with Gasteiger partial charge in [-0.2, -0.15) is 0 Å². The molecule has 0 saturated heterocycles. The zero-order valence-electron chi connectivity index (χ0n) is 13.3. The van der Waals surface area contributed by atoms with Crippen molar-refractivity contribution in [2.45, 2.75) is 13.3 Å². The Bertz CT molecular complexity index is 871. The first-order valence-corrected chi connectivity index (χ1v) is 8.21. The molecule has 4 nitrogen and oxygen atoms in total. The first kappa shape index (κ1) is 16.2. The van der Waals surface area contributed by atoms with E-state index in [1.165, 1.54) is 0 Å². The van der Waals surface area contributed by atoms with Crippen molar-refractivity contribution in [3.05, 3.63) is 65.9 Å². The second-order valence-corrected chi connectivity index (χ2v) is 5.84. The number of benzene rings is 2. The van der Waals surface area contributed by atoms with E-state index in [0.29, 0.717) is 29.4 Å². The normalized spacial score (nSPS) is 10.5. The molecule has 0 saturated carbocycles. The minimum Gasteiger partial charge on any atom is -0.461 e. The van der Waals surface area contributed by atoms with Gasteiger partial charge in [-0.3, -0.25) is 0 Å². The molecule has 0 fully saturated rings. The number of fused-ring (bicyclic) bond motifs is 1. The predicted octanol–water partition coefficient (Wildman–Crippen LogP) is 4.33. The summed E-state index contributed by atoms with van der Waals surface area (Å²) in [7, 11) is 0. The number of thiocarbonyl (C=S) groups is 1. The van der Waals surface area contributed by atoms with E-state index in [1.54, 1.807) is 6.92 Å². The third-order valence-electron chi connectivity index (χ3n) is 3.66. The van der Waals surface area contributed by atoms with Gasteiger partial charge >= 0.3 is 5.97 Å². The van der Waals surface area contributed by atoms with Gasteiger partial charge in [0.1, 0.15) is 5.69 Å². The number of carbonyl (C=O) groups is 1. The van der Waals surface area contributed by atoms with E-state index < -0.39 is 5.97 Å².